The van der Waals surface area contributed by atoms with Crippen LogP contribution in [0.3, 0.4) is 0 Å². The van der Waals surface area contributed by atoms with E-state index < -0.39 is 0 Å². The maximum Gasteiger partial charge on any atom is 0.223 e. The minimum Gasteiger partial charge on any atom is -0.492 e. The molecule has 3 rings (SSSR count). The first-order valence-electron chi connectivity index (χ1n) is 10.4. The molecule has 0 bridgehead atoms. The van der Waals surface area contributed by atoms with Gasteiger partial charge in [-0.1, -0.05) is 45.7 Å². The molecule has 0 saturated carbocycles. The van der Waals surface area contributed by atoms with Gasteiger partial charge in [-0.25, -0.2) is 0 Å². The van der Waals surface area contributed by atoms with Crippen molar-refractivity contribution in [1.29, 1.82) is 0 Å². The van der Waals surface area contributed by atoms with Gasteiger partial charge in [-0.15, -0.1) is 0 Å². The number of halogens is 1. The molecule has 1 aliphatic heterocycles. The van der Waals surface area contributed by atoms with Gasteiger partial charge in [0.05, 0.1) is 37.2 Å². The van der Waals surface area contributed by atoms with Crippen LogP contribution < -0.4 is 19.6 Å². The third kappa shape index (κ3) is 6.96. The number of rotatable bonds is 6. The van der Waals surface area contributed by atoms with Crippen LogP contribution in [0.5, 0.6) is 17.2 Å². The molecular weight excluding hydrogens is 406 g/mol. The van der Waals surface area contributed by atoms with Gasteiger partial charge in [0, 0.05) is 37.8 Å². The summed E-state index contributed by atoms with van der Waals surface area (Å²) in [5.74, 6) is 1.50. The molecule has 168 valence electrons. The van der Waals surface area contributed by atoms with Crippen molar-refractivity contribution in [3.05, 3.63) is 39.6 Å². The van der Waals surface area contributed by atoms with Crippen LogP contribution in [0.25, 0.3) is 11.3 Å². The Bertz CT molecular complexity index is 835. The number of pyridine rings is 1. The Balaban J connectivity index is 0.000000826. The highest BCUT2D eigenvalue weighted by molar-refractivity contribution is 6.32. The number of fused-ring (bicyclic) bond motifs is 3. The molecule has 30 heavy (non-hydrogen) atoms. The number of aromatic nitrogens is 1. The minimum absolute atomic E-state index is 0.183. The molecule has 0 unspecified atom stereocenters. The molecule has 1 aliphatic rings. The van der Waals surface area contributed by atoms with Gasteiger partial charge < -0.3 is 23.5 Å². The average molecular weight is 440 g/mol. The zero-order valence-corrected chi connectivity index (χ0v) is 19.7. The number of methoxy groups -OCH3 is 2. The second kappa shape index (κ2) is 13.9. The number of benzene rings is 1. The normalized spacial score (nSPS) is 11.3. The molecule has 0 aliphatic carbocycles. The quantitative estimate of drug-likeness (QED) is 0.562. The zero-order valence-electron chi connectivity index (χ0n) is 18.9. The Hall–Kier alpha value is -2.18. The highest BCUT2D eigenvalue weighted by Crippen LogP contribution is 2.39. The lowest BCUT2D eigenvalue weighted by atomic mass is 10.1. The summed E-state index contributed by atoms with van der Waals surface area (Å²) < 4.78 is 23.6. The summed E-state index contributed by atoms with van der Waals surface area (Å²) in [6, 6.07) is 5.09. The lowest BCUT2D eigenvalue weighted by molar-refractivity contribution is 0.172. The van der Waals surface area contributed by atoms with Gasteiger partial charge in [-0.3, -0.25) is 4.79 Å². The van der Waals surface area contributed by atoms with E-state index in [1.807, 2.05) is 18.4 Å². The standard InChI is InChI=1S/C18H20ClNO5.C3H8.C2H6/c1-22-5-3-6-24-17-10-16-12(8-13(17)19)14-9-15(21)18(23-2)11-20(14)4-7-25-16;1-3-2;1-2/h8-11H,3-7H2,1-2H3;3H2,1-2H3;1-2H3. The third-order valence-electron chi connectivity index (χ3n) is 3.96. The monoisotopic (exact) mass is 439 g/mol. The maximum atomic E-state index is 12.2. The van der Waals surface area contributed by atoms with Gasteiger partial charge in [0.15, 0.2) is 5.75 Å². The van der Waals surface area contributed by atoms with E-state index in [2.05, 4.69) is 13.8 Å². The van der Waals surface area contributed by atoms with Crippen LogP contribution in [0.2, 0.25) is 5.02 Å². The van der Waals surface area contributed by atoms with Crippen LogP contribution >= 0.6 is 11.6 Å². The van der Waals surface area contributed by atoms with E-state index in [-0.39, 0.29) is 5.43 Å². The second-order valence-corrected chi connectivity index (χ2v) is 6.72. The van der Waals surface area contributed by atoms with Crippen molar-refractivity contribution < 1.29 is 18.9 Å². The Kier molecular flexibility index (Phi) is 12.0. The molecule has 0 radical (unpaired) electrons. The van der Waals surface area contributed by atoms with Crippen LogP contribution in [0.4, 0.5) is 0 Å². The van der Waals surface area contributed by atoms with Crippen molar-refractivity contribution in [3.63, 3.8) is 0 Å². The Morgan fingerprint density at radius 2 is 1.80 bits per heavy atom. The first-order chi connectivity index (χ1) is 14.5. The molecule has 6 nitrogen and oxygen atoms in total. The summed E-state index contributed by atoms with van der Waals surface area (Å²) in [6.07, 6.45) is 3.71. The molecule has 0 N–H and O–H groups in total. The van der Waals surface area contributed by atoms with Crippen LogP contribution in [-0.4, -0.2) is 38.6 Å². The van der Waals surface area contributed by atoms with Gasteiger partial charge in [-0.2, -0.15) is 0 Å². The molecule has 0 fully saturated rings. The third-order valence-corrected chi connectivity index (χ3v) is 4.26. The van der Waals surface area contributed by atoms with E-state index in [1.54, 1.807) is 31.5 Å². The van der Waals surface area contributed by atoms with E-state index >= 15 is 0 Å². The predicted molar refractivity (Wildman–Crippen MR) is 122 cm³/mol. The molecule has 2 aromatic rings. The summed E-state index contributed by atoms with van der Waals surface area (Å²) in [4.78, 5) is 12.2. The average Bonchev–Trinajstić information content (AvgIpc) is 2.91. The smallest absolute Gasteiger partial charge is 0.223 e. The fourth-order valence-electron chi connectivity index (χ4n) is 2.73. The first-order valence-corrected chi connectivity index (χ1v) is 10.8. The van der Waals surface area contributed by atoms with E-state index in [0.29, 0.717) is 48.6 Å². The van der Waals surface area contributed by atoms with Crippen molar-refractivity contribution in [3.8, 4) is 28.5 Å². The SMILES string of the molecule is CC.CCC.COCCCOc1cc2c(cc1Cl)-c1cc(=O)c(OC)cn1CCO2. The number of hydrogen-bond donors (Lipinski definition) is 0. The topological polar surface area (TPSA) is 58.9 Å². The second-order valence-electron chi connectivity index (χ2n) is 6.31. The Morgan fingerprint density at radius 3 is 2.43 bits per heavy atom. The van der Waals surface area contributed by atoms with Gasteiger partial charge in [0.25, 0.3) is 0 Å². The van der Waals surface area contributed by atoms with Gasteiger partial charge in [-0.05, 0) is 6.07 Å². The van der Waals surface area contributed by atoms with Crippen molar-refractivity contribution in [1.82, 2.24) is 4.57 Å². The maximum absolute atomic E-state index is 12.2. The molecule has 1 aromatic carbocycles. The molecule has 0 amide bonds. The Morgan fingerprint density at radius 1 is 1.10 bits per heavy atom. The van der Waals surface area contributed by atoms with E-state index in [9.17, 15) is 4.79 Å². The van der Waals surface area contributed by atoms with Gasteiger partial charge in [0.1, 0.15) is 18.1 Å². The summed E-state index contributed by atoms with van der Waals surface area (Å²) in [5, 5.41) is 0.469. The van der Waals surface area contributed by atoms with Crippen molar-refractivity contribution >= 4 is 11.6 Å². The van der Waals surface area contributed by atoms with Gasteiger partial charge in [0.2, 0.25) is 5.43 Å². The molecule has 0 atom stereocenters. The van der Waals surface area contributed by atoms with Crippen molar-refractivity contribution in [2.24, 2.45) is 0 Å². The fourth-order valence-corrected chi connectivity index (χ4v) is 2.95. The van der Waals surface area contributed by atoms with Crippen molar-refractivity contribution in [2.75, 3.05) is 34.0 Å². The molecule has 2 heterocycles. The molecule has 0 saturated heterocycles. The first kappa shape index (κ1) is 25.9. The largest absolute Gasteiger partial charge is 0.492 e. The van der Waals surface area contributed by atoms with E-state index in [1.165, 1.54) is 13.5 Å². The molecular formula is C23H34ClNO5. The molecule has 1 aromatic heterocycles. The van der Waals surface area contributed by atoms with Crippen LogP contribution in [0.1, 0.15) is 40.5 Å². The molecule has 7 heteroatoms. The highest BCUT2D eigenvalue weighted by atomic mass is 35.5. The molecule has 0 spiro atoms. The van der Waals surface area contributed by atoms with Crippen LogP contribution in [0.15, 0.2) is 29.2 Å². The fraction of sp³-hybridized carbons (Fsp3) is 0.522. The number of ether oxygens (including phenoxy) is 4. The van der Waals surface area contributed by atoms with Crippen LogP contribution in [0, 0.1) is 0 Å². The summed E-state index contributed by atoms with van der Waals surface area (Å²) >= 11 is 6.37. The zero-order chi connectivity index (χ0) is 22.5. The lowest BCUT2D eigenvalue weighted by Gasteiger charge is -2.14. The lowest BCUT2D eigenvalue weighted by Crippen LogP contribution is -2.13. The van der Waals surface area contributed by atoms with Crippen LogP contribution in [-0.2, 0) is 11.3 Å². The summed E-state index contributed by atoms with van der Waals surface area (Å²) in [5.41, 5.74) is 1.32. The summed E-state index contributed by atoms with van der Waals surface area (Å²) in [6.45, 7) is 10.4. The van der Waals surface area contributed by atoms with Crippen molar-refractivity contribution in [2.45, 2.75) is 47.1 Å². The summed E-state index contributed by atoms with van der Waals surface area (Å²) in [7, 11) is 3.13. The minimum atomic E-state index is -0.183. The predicted octanol–water partition coefficient (Wildman–Crippen LogP) is 5.43. The van der Waals surface area contributed by atoms with E-state index in [4.69, 9.17) is 30.5 Å². The number of hydrogen-bond acceptors (Lipinski definition) is 5. The van der Waals surface area contributed by atoms with E-state index in [0.717, 1.165) is 17.7 Å². The highest BCUT2D eigenvalue weighted by Gasteiger charge is 2.19. The number of nitrogens with zero attached hydrogens (tertiary/aromatic N) is 1. The Labute approximate surface area is 184 Å². The van der Waals surface area contributed by atoms with Gasteiger partial charge >= 0.3 is 0 Å².